The number of hydrogen-bond donors (Lipinski definition) is 1. The normalized spacial score (nSPS) is 10.9. The Labute approximate surface area is 120 Å². The lowest BCUT2D eigenvalue weighted by Gasteiger charge is -2.05. The van der Waals surface area contributed by atoms with Crippen molar-refractivity contribution in [2.24, 2.45) is 0 Å². The number of imidazole rings is 1. The Hall–Kier alpha value is -1.00. The van der Waals surface area contributed by atoms with Gasteiger partial charge in [-0.05, 0) is 19.1 Å². The third kappa shape index (κ3) is 2.27. The highest BCUT2D eigenvalue weighted by molar-refractivity contribution is 9.10. The highest BCUT2D eigenvalue weighted by atomic mass is 79.9. The van der Waals surface area contributed by atoms with Gasteiger partial charge in [-0.2, -0.15) is 0 Å². The number of rotatable bonds is 3. The average Bonchev–Trinajstić information content (AvgIpc) is 2.66. The number of halogens is 2. The van der Waals surface area contributed by atoms with Crippen LogP contribution in [0.5, 0.6) is 0 Å². The molecule has 2 aromatic rings. The van der Waals surface area contributed by atoms with Crippen molar-refractivity contribution < 1.29 is 0 Å². The zero-order chi connectivity index (χ0) is 13.3. The molecule has 3 nitrogen and oxygen atoms in total. The Balaban J connectivity index is 2.60. The van der Waals surface area contributed by atoms with Gasteiger partial charge in [0, 0.05) is 28.0 Å². The third-order valence-electron chi connectivity index (χ3n) is 2.90. The van der Waals surface area contributed by atoms with Gasteiger partial charge in [-0.3, -0.25) is 0 Å². The molecule has 0 aliphatic heterocycles. The van der Waals surface area contributed by atoms with Gasteiger partial charge in [0.2, 0.25) is 0 Å². The van der Waals surface area contributed by atoms with Gasteiger partial charge in [0.05, 0.1) is 0 Å². The maximum absolute atomic E-state index is 6.18. The van der Waals surface area contributed by atoms with E-state index in [-0.39, 0.29) is 0 Å². The highest BCUT2D eigenvalue weighted by Gasteiger charge is 2.16. The molecule has 0 atom stereocenters. The van der Waals surface area contributed by atoms with Gasteiger partial charge >= 0.3 is 0 Å². The Kier molecular flexibility index (Phi) is 3.97. The Bertz CT molecular complexity index is 578. The van der Waals surface area contributed by atoms with Crippen LogP contribution >= 0.6 is 27.5 Å². The van der Waals surface area contributed by atoms with Crippen molar-refractivity contribution in [2.75, 3.05) is 5.73 Å². The molecule has 1 heterocycles. The molecule has 0 aliphatic carbocycles. The molecule has 0 bridgehead atoms. The predicted octanol–water partition coefficient (Wildman–Crippen LogP) is 4.13. The monoisotopic (exact) mass is 327 g/mol. The first-order valence-corrected chi connectivity index (χ1v) is 7.05. The van der Waals surface area contributed by atoms with Gasteiger partial charge in [0.1, 0.15) is 17.3 Å². The van der Waals surface area contributed by atoms with E-state index in [1.165, 1.54) is 0 Å². The second-order valence-electron chi connectivity index (χ2n) is 3.98. The maximum atomic E-state index is 6.18. The van der Waals surface area contributed by atoms with Crippen LogP contribution in [0.2, 0.25) is 5.02 Å². The van der Waals surface area contributed by atoms with Crippen LogP contribution in [0.4, 0.5) is 5.82 Å². The van der Waals surface area contributed by atoms with Crippen molar-refractivity contribution in [3.63, 3.8) is 0 Å². The molecule has 18 heavy (non-hydrogen) atoms. The van der Waals surface area contributed by atoms with E-state index in [2.05, 4.69) is 34.8 Å². The maximum Gasteiger partial charge on any atom is 0.131 e. The van der Waals surface area contributed by atoms with Gasteiger partial charge < -0.3 is 10.3 Å². The van der Waals surface area contributed by atoms with Gasteiger partial charge in [-0.1, -0.05) is 40.5 Å². The molecule has 2 N–H and O–H groups in total. The largest absolute Gasteiger partial charge is 0.383 e. The van der Waals surface area contributed by atoms with Crippen LogP contribution in [0.25, 0.3) is 11.3 Å². The number of aryl methyl sites for hydroxylation is 1. The number of nitrogens with zero attached hydrogens (tertiary/aromatic N) is 2. The van der Waals surface area contributed by atoms with E-state index in [9.17, 15) is 0 Å². The molecule has 0 saturated heterocycles. The van der Waals surface area contributed by atoms with Crippen molar-refractivity contribution in [1.29, 1.82) is 0 Å². The fourth-order valence-corrected chi connectivity index (χ4v) is 2.89. The molecule has 2 rings (SSSR count). The zero-order valence-electron chi connectivity index (χ0n) is 10.4. The quantitative estimate of drug-likeness (QED) is 0.920. The van der Waals surface area contributed by atoms with E-state index in [0.717, 1.165) is 34.5 Å². The Morgan fingerprint density at radius 1 is 1.39 bits per heavy atom. The molecule has 0 fully saturated rings. The van der Waals surface area contributed by atoms with Crippen molar-refractivity contribution >= 4 is 33.3 Å². The third-order valence-corrected chi connectivity index (χ3v) is 3.80. The smallest absolute Gasteiger partial charge is 0.131 e. The highest BCUT2D eigenvalue weighted by Crippen LogP contribution is 2.34. The minimum absolute atomic E-state index is 0.690. The summed E-state index contributed by atoms with van der Waals surface area (Å²) in [5.41, 5.74) is 7.96. The summed E-state index contributed by atoms with van der Waals surface area (Å²) in [5.74, 6) is 1.71. The molecular formula is C13H15BrClN3. The van der Waals surface area contributed by atoms with Gasteiger partial charge in [-0.25, -0.2) is 4.98 Å². The summed E-state index contributed by atoms with van der Waals surface area (Å²) in [7, 11) is 0. The molecule has 0 radical (unpaired) electrons. The average molecular weight is 329 g/mol. The molecule has 96 valence electrons. The Morgan fingerprint density at radius 2 is 2.11 bits per heavy atom. The van der Waals surface area contributed by atoms with Crippen LogP contribution < -0.4 is 5.73 Å². The minimum atomic E-state index is 0.690. The van der Waals surface area contributed by atoms with Crippen LogP contribution in [0.15, 0.2) is 22.7 Å². The van der Waals surface area contributed by atoms with E-state index in [1.54, 1.807) is 0 Å². The van der Waals surface area contributed by atoms with E-state index in [1.807, 2.05) is 22.8 Å². The molecule has 0 saturated carbocycles. The first-order valence-electron chi connectivity index (χ1n) is 5.88. The summed E-state index contributed by atoms with van der Waals surface area (Å²) in [6.07, 6.45) is 0.864. The minimum Gasteiger partial charge on any atom is -0.383 e. The molecule has 0 unspecified atom stereocenters. The SMILES string of the molecule is CCc1nc(-c2ccc(Cl)cc2Br)c(N)n1CC. The fraction of sp³-hybridized carbons (Fsp3) is 0.308. The first kappa shape index (κ1) is 13.4. The molecule has 0 amide bonds. The molecular weight excluding hydrogens is 314 g/mol. The standard InChI is InChI=1S/C13H15BrClN3/c1-3-11-17-12(13(16)18(11)4-2)9-6-5-8(15)7-10(9)14/h5-7H,3-4,16H2,1-2H3. The predicted molar refractivity (Wildman–Crippen MR) is 79.8 cm³/mol. The van der Waals surface area contributed by atoms with Crippen molar-refractivity contribution in [2.45, 2.75) is 26.8 Å². The number of nitrogen functional groups attached to an aromatic ring is 1. The number of hydrogen-bond acceptors (Lipinski definition) is 2. The van der Waals surface area contributed by atoms with Crippen molar-refractivity contribution in [3.8, 4) is 11.3 Å². The summed E-state index contributed by atoms with van der Waals surface area (Å²) in [6, 6.07) is 5.63. The Morgan fingerprint density at radius 3 is 2.61 bits per heavy atom. The lowest BCUT2D eigenvalue weighted by Crippen LogP contribution is -2.04. The summed E-state index contributed by atoms with van der Waals surface area (Å²) in [4.78, 5) is 4.62. The van der Waals surface area contributed by atoms with Crippen LogP contribution in [-0.4, -0.2) is 9.55 Å². The second-order valence-corrected chi connectivity index (χ2v) is 5.27. The van der Waals surface area contributed by atoms with Crippen LogP contribution in [0.1, 0.15) is 19.7 Å². The van der Waals surface area contributed by atoms with E-state index in [4.69, 9.17) is 17.3 Å². The van der Waals surface area contributed by atoms with E-state index >= 15 is 0 Å². The number of nitrogens with two attached hydrogens (primary N) is 1. The second kappa shape index (κ2) is 5.33. The number of anilines is 1. The van der Waals surface area contributed by atoms with Crippen LogP contribution in [0, 0.1) is 0 Å². The topological polar surface area (TPSA) is 43.8 Å². The molecule has 0 aliphatic rings. The van der Waals surface area contributed by atoms with Gasteiger partial charge in [0.25, 0.3) is 0 Å². The lowest BCUT2D eigenvalue weighted by molar-refractivity contribution is 0.713. The van der Waals surface area contributed by atoms with E-state index in [0.29, 0.717) is 10.8 Å². The number of benzene rings is 1. The summed E-state index contributed by atoms with van der Waals surface area (Å²) >= 11 is 9.45. The fourth-order valence-electron chi connectivity index (χ4n) is 2.02. The van der Waals surface area contributed by atoms with E-state index < -0.39 is 0 Å². The molecule has 5 heteroatoms. The van der Waals surface area contributed by atoms with Gasteiger partial charge in [-0.15, -0.1) is 0 Å². The summed E-state index contributed by atoms with van der Waals surface area (Å²) < 4.78 is 2.95. The first-order chi connectivity index (χ1) is 8.58. The van der Waals surface area contributed by atoms with Crippen molar-refractivity contribution in [1.82, 2.24) is 9.55 Å². The zero-order valence-corrected chi connectivity index (χ0v) is 12.7. The summed E-state index contributed by atoms with van der Waals surface area (Å²) in [6.45, 7) is 4.97. The van der Waals surface area contributed by atoms with Gasteiger partial charge in [0.15, 0.2) is 0 Å². The lowest BCUT2D eigenvalue weighted by atomic mass is 10.1. The molecule has 1 aromatic heterocycles. The number of aromatic nitrogens is 2. The van der Waals surface area contributed by atoms with Crippen LogP contribution in [0.3, 0.4) is 0 Å². The van der Waals surface area contributed by atoms with Crippen LogP contribution in [-0.2, 0) is 13.0 Å². The molecule has 1 aromatic carbocycles. The summed E-state index contributed by atoms with van der Waals surface area (Å²) in [5, 5.41) is 0.690. The molecule has 0 spiro atoms. The van der Waals surface area contributed by atoms with Crippen molar-refractivity contribution in [3.05, 3.63) is 33.5 Å².